The predicted octanol–water partition coefficient (Wildman–Crippen LogP) is 5.63. The minimum absolute atomic E-state index is 0.290. The van der Waals surface area contributed by atoms with E-state index in [1.54, 1.807) is 12.1 Å². The fourth-order valence-electron chi connectivity index (χ4n) is 3.65. The summed E-state index contributed by atoms with van der Waals surface area (Å²) in [6.07, 6.45) is 2.97. The number of hydrogen-bond acceptors (Lipinski definition) is 3. The van der Waals surface area contributed by atoms with Crippen LogP contribution >= 0.6 is 0 Å². The normalized spacial score (nSPS) is 17.5. The van der Waals surface area contributed by atoms with Crippen LogP contribution in [0.3, 0.4) is 0 Å². The molecule has 148 valence electrons. The van der Waals surface area contributed by atoms with Crippen LogP contribution in [0.5, 0.6) is 0 Å². The molecule has 2 aromatic carbocycles. The van der Waals surface area contributed by atoms with Gasteiger partial charge >= 0.3 is 0 Å². The summed E-state index contributed by atoms with van der Waals surface area (Å²) in [6.45, 7) is 10.2. The van der Waals surface area contributed by atoms with Gasteiger partial charge in [0.2, 0.25) is 9.84 Å². The smallest absolute Gasteiger partial charge is 0.205 e. The van der Waals surface area contributed by atoms with Crippen LogP contribution in [-0.4, -0.2) is 8.42 Å². The van der Waals surface area contributed by atoms with Crippen molar-refractivity contribution in [2.75, 3.05) is 0 Å². The van der Waals surface area contributed by atoms with Crippen molar-refractivity contribution >= 4 is 9.84 Å². The first-order chi connectivity index (χ1) is 13.2. The van der Waals surface area contributed by atoms with E-state index in [4.69, 9.17) is 0 Å². The predicted molar refractivity (Wildman–Crippen MR) is 116 cm³/mol. The third kappa shape index (κ3) is 4.22. The number of dihydropyridines is 1. The van der Waals surface area contributed by atoms with E-state index in [-0.39, 0.29) is 5.92 Å². The molecule has 0 fully saturated rings. The Hall–Kier alpha value is -2.33. The topological polar surface area (TPSA) is 46.2 Å². The van der Waals surface area contributed by atoms with Gasteiger partial charge in [0.05, 0.1) is 9.80 Å². The van der Waals surface area contributed by atoms with Crippen LogP contribution in [0.25, 0.3) is 0 Å². The van der Waals surface area contributed by atoms with Gasteiger partial charge in [-0.25, -0.2) is 8.42 Å². The fraction of sp³-hybridized carbons (Fsp3) is 0.333. The highest BCUT2D eigenvalue weighted by Crippen LogP contribution is 2.39. The minimum atomic E-state index is -3.61. The number of rotatable bonds is 5. The van der Waals surface area contributed by atoms with Crippen LogP contribution in [0, 0.1) is 19.8 Å². The Balaban J connectivity index is 2.13. The average Bonchev–Trinajstić information content (AvgIpc) is 2.61. The molecule has 0 bridgehead atoms. The second kappa shape index (κ2) is 7.96. The largest absolute Gasteiger partial charge is 0.362 e. The summed E-state index contributed by atoms with van der Waals surface area (Å²) in [7, 11) is -3.61. The van der Waals surface area contributed by atoms with E-state index in [9.17, 15) is 8.42 Å². The molecule has 1 unspecified atom stereocenters. The van der Waals surface area contributed by atoms with Gasteiger partial charge in [-0.05, 0) is 50.8 Å². The lowest BCUT2D eigenvalue weighted by atomic mass is 9.92. The van der Waals surface area contributed by atoms with E-state index in [1.807, 2.05) is 57.2 Å². The molecule has 3 rings (SSSR count). The van der Waals surface area contributed by atoms with E-state index in [2.05, 4.69) is 25.2 Å². The molecule has 3 nitrogen and oxygen atoms in total. The Morgan fingerprint density at radius 2 is 1.43 bits per heavy atom. The summed E-state index contributed by atoms with van der Waals surface area (Å²) in [5, 5.41) is 3.36. The summed E-state index contributed by atoms with van der Waals surface area (Å²) >= 11 is 0. The third-order valence-corrected chi connectivity index (χ3v) is 7.09. The van der Waals surface area contributed by atoms with Crippen molar-refractivity contribution in [3.05, 3.63) is 87.6 Å². The fourth-order valence-corrected chi connectivity index (χ4v) is 5.39. The van der Waals surface area contributed by atoms with Gasteiger partial charge in [0.25, 0.3) is 0 Å². The molecule has 0 aromatic heterocycles. The van der Waals surface area contributed by atoms with Crippen molar-refractivity contribution < 1.29 is 8.42 Å². The molecule has 1 aliphatic heterocycles. The summed E-state index contributed by atoms with van der Waals surface area (Å²) in [5.74, 6) is 0.197. The highest BCUT2D eigenvalue weighted by molar-refractivity contribution is 7.95. The Morgan fingerprint density at radius 1 is 0.893 bits per heavy atom. The molecule has 0 radical (unpaired) electrons. The highest BCUT2D eigenvalue weighted by atomic mass is 32.2. The molecule has 0 spiro atoms. The van der Waals surface area contributed by atoms with Crippen LogP contribution in [0.4, 0.5) is 0 Å². The molecule has 0 aliphatic carbocycles. The van der Waals surface area contributed by atoms with Gasteiger partial charge in [-0.15, -0.1) is 0 Å². The lowest BCUT2D eigenvalue weighted by molar-refractivity contribution is 0.591. The van der Waals surface area contributed by atoms with E-state index >= 15 is 0 Å². The Kier molecular flexibility index (Phi) is 5.80. The van der Waals surface area contributed by atoms with E-state index in [1.165, 1.54) is 0 Å². The second-order valence-electron chi connectivity index (χ2n) is 8.11. The molecule has 0 amide bonds. The summed E-state index contributed by atoms with van der Waals surface area (Å²) in [5.41, 5.74) is 5.00. The molecule has 4 heteroatoms. The molecule has 1 N–H and O–H groups in total. The van der Waals surface area contributed by atoms with Gasteiger partial charge < -0.3 is 5.32 Å². The van der Waals surface area contributed by atoms with Crippen LogP contribution in [0.15, 0.2) is 75.8 Å². The third-order valence-electron chi connectivity index (χ3n) is 5.05. The van der Waals surface area contributed by atoms with Gasteiger partial charge in [-0.2, -0.15) is 0 Å². The van der Waals surface area contributed by atoms with E-state index in [0.29, 0.717) is 21.4 Å². The van der Waals surface area contributed by atoms with E-state index < -0.39 is 9.84 Å². The molecule has 1 heterocycles. The Bertz CT molecular complexity index is 1010. The monoisotopic (exact) mass is 395 g/mol. The number of nitrogens with one attached hydrogen (secondary N) is 1. The van der Waals surface area contributed by atoms with Gasteiger partial charge in [-0.1, -0.05) is 67.4 Å². The van der Waals surface area contributed by atoms with E-state index in [0.717, 1.165) is 28.8 Å². The first-order valence-electron chi connectivity index (χ1n) is 9.75. The zero-order valence-corrected chi connectivity index (χ0v) is 18.1. The summed E-state index contributed by atoms with van der Waals surface area (Å²) in [6, 6.07) is 15.2. The number of sulfone groups is 1. The lowest BCUT2D eigenvalue weighted by Crippen LogP contribution is -2.26. The maximum absolute atomic E-state index is 13.6. The summed E-state index contributed by atoms with van der Waals surface area (Å²) < 4.78 is 27.1. The maximum Gasteiger partial charge on any atom is 0.205 e. The van der Waals surface area contributed by atoms with Gasteiger partial charge in [-0.3, -0.25) is 0 Å². The van der Waals surface area contributed by atoms with Crippen molar-refractivity contribution in [3.8, 4) is 0 Å². The van der Waals surface area contributed by atoms with Crippen molar-refractivity contribution in [2.45, 2.75) is 51.9 Å². The molecule has 1 aliphatic rings. The SMILES string of the molecule is CC1=C(S(=O)(=O)c2ccc(C)cc2)C(c2ccc(C)cc2)C=C(CC(C)C)N1. The maximum atomic E-state index is 13.6. The average molecular weight is 396 g/mol. The van der Waals surface area contributed by atoms with Gasteiger partial charge in [0.1, 0.15) is 0 Å². The molecule has 2 aromatic rings. The lowest BCUT2D eigenvalue weighted by Gasteiger charge is -2.29. The van der Waals surface area contributed by atoms with Crippen molar-refractivity contribution in [1.82, 2.24) is 5.32 Å². The van der Waals surface area contributed by atoms with Crippen molar-refractivity contribution in [3.63, 3.8) is 0 Å². The number of benzene rings is 2. The van der Waals surface area contributed by atoms with Crippen LogP contribution in [-0.2, 0) is 9.84 Å². The zero-order valence-electron chi connectivity index (χ0n) is 17.3. The van der Waals surface area contributed by atoms with Gasteiger partial charge in [0.15, 0.2) is 0 Å². The molecule has 1 atom stereocenters. The quantitative estimate of drug-likeness (QED) is 0.714. The van der Waals surface area contributed by atoms with Crippen molar-refractivity contribution in [2.24, 2.45) is 5.92 Å². The second-order valence-corrected chi connectivity index (χ2v) is 10.0. The van der Waals surface area contributed by atoms with Crippen molar-refractivity contribution in [1.29, 1.82) is 0 Å². The molecular formula is C24H29NO2S. The molecular weight excluding hydrogens is 366 g/mol. The molecule has 28 heavy (non-hydrogen) atoms. The summed E-state index contributed by atoms with van der Waals surface area (Å²) in [4.78, 5) is 0.778. The molecule has 0 saturated heterocycles. The van der Waals surface area contributed by atoms with Crippen LogP contribution in [0.1, 0.15) is 49.8 Å². The number of allylic oxidation sites excluding steroid dienone is 4. The standard InChI is InChI=1S/C24H29NO2S/c1-16(2)14-21-15-23(20-10-6-17(3)7-11-20)24(19(5)25-21)28(26,27)22-12-8-18(4)9-13-22/h6-13,15-16,23,25H,14H2,1-5H3. The van der Waals surface area contributed by atoms with Crippen LogP contribution in [0.2, 0.25) is 0 Å². The highest BCUT2D eigenvalue weighted by Gasteiger charge is 2.33. The number of hydrogen-bond donors (Lipinski definition) is 1. The first kappa shape index (κ1) is 20.4. The number of aryl methyl sites for hydroxylation is 2. The molecule has 0 saturated carbocycles. The van der Waals surface area contributed by atoms with Crippen LogP contribution < -0.4 is 5.32 Å². The Morgan fingerprint density at radius 3 is 1.96 bits per heavy atom. The minimum Gasteiger partial charge on any atom is -0.362 e. The zero-order chi connectivity index (χ0) is 20.5. The Labute approximate surface area is 169 Å². The van der Waals surface area contributed by atoms with Gasteiger partial charge in [0, 0.05) is 17.3 Å². The first-order valence-corrected chi connectivity index (χ1v) is 11.2.